The van der Waals surface area contributed by atoms with Crippen LogP contribution < -0.4 is 14.8 Å². The zero-order valence-corrected chi connectivity index (χ0v) is 20.5. The van der Waals surface area contributed by atoms with E-state index in [2.05, 4.69) is 0 Å². The summed E-state index contributed by atoms with van der Waals surface area (Å²) in [5.41, 5.74) is 0.0939. The maximum absolute atomic E-state index is 13.4. The second-order valence-electron chi connectivity index (χ2n) is 8.23. The zero-order chi connectivity index (χ0) is 25.9. The molecule has 11 heteroatoms. The Hall–Kier alpha value is -3.08. The summed E-state index contributed by atoms with van der Waals surface area (Å²) in [5, 5.41) is 5.89. The van der Waals surface area contributed by atoms with Crippen molar-refractivity contribution in [2.24, 2.45) is 5.14 Å². The molecule has 0 spiro atoms. The number of hydrogen-bond acceptors (Lipinski definition) is 3. The van der Waals surface area contributed by atoms with Crippen LogP contribution in [0.2, 0.25) is 5.02 Å². The maximum atomic E-state index is 13.4. The third-order valence-corrected chi connectivity index (χ3v) is 6.66. The van der Waals surface area contributed by atoms with Crippen LogP contribution in [0, 0.1) is 0 Å². The summed E-state index contributed by atoms with van der Waals surface area (Å²) in [7, 11) is -1.50. The number of benzene rings is 3. The summed E-state index contributed by atoms with van der Waals surface area (Å²) in [5.74, 6) is 1.31. The van der Waals surface area contributed by atoms with Crippen LogP contribution in [0.5, 0.6) is 11.5 Å². The molecule has 3 aromatic rings. The molecule has 190 valence electrons. The highest BCUT2D eigenvalue weighted by Crippen LogP contribution is 2.38. The topological polar surface area (TPSA) is 75.9 Å². The van der Waals surface area contributed by atoms with E-state index < -0.39 is 28.8 Å². The minimum atomic E-state index is -4.50. The van der Waals surface area contributed by atoms with Gasteiger partial charge in [-0.3, -0.25) is 10.0 Å². The van der Waals surface area contributed by atoms with Crippen LogP contribution >= 0.6 is 11.6 Å². The minimum Gasteiger partial charge on any atom is -0.457 e. The third kappa shape index (κ3) is 6.18. The molecule has 0 aliphatic carbocycles. The van der Waals surface area contributed by atoms with E-state index in [1.807, 2.05) is 0 Å². The number of rotatable bonds is 8. The van der Waals surface area contributed by atoms with E-state index >= 15 is 0 Å². The van der Waals surface area contributed by atoms with Gasteiger partial charge in [-0.05, 0) is 72.6 Å². The minimum absolute atomic E-state index is 0.181. The van der Waals surface area contributed by atoms with Crippen LogP contribution in [0.3, 0.4) is 0 Å². The number of amides is 2. The Bertz CT molecular complexity index is 1240. The quantitative estimate of drug-likeness (QED) is 0.374. The fourth-order valence-corrected chi connectivity index (χ4v) is 4.56. The number of hydrogen-bond donors (Lipinski definition) is 1. The Balaban J connectivity index is 1.61. The van der Waals surface area contributed by atoms with E-state index in [1.165, 1.54) is 15.9 Å². The summed E-state index contributed by atoms with van der Waals surface area (Å²) >= 11 is 5.90. The van der Waals surface area contributed by atoms with Crippen molar-refractivity contribution in [3.8, 4) is 11.5 Å². The smallest absolute Gasteiger partial charge is 0.416 e. The Kier molecular flexibility index (Phi) is 7.87. The van der Waals surface area contributed by atoms with Gasteiger partial charge in [0.25, 0.3) is 0 Å². The second kappa shape index (κ2) is 10.9. The molecule has 1 heterocycles. The lowest BCUT2D eigenvalue weighted by Crippen LogP contribution is -2.33. The lowest BCUT2D eigenvalue weighted by molar-refractivity contribution is -0.137. The van der Waals surface area contributed by atoms with E-state index in [9.17, 15) is 22.2 Å². The first-order valence-corrected chi connectivity index (χ1v) is 12.8. The molecule has 0 radical (unpaired) electrons. The monoisotopic (exact) mass is 537 g/mol. The summed E-state index contributed by atoms with van der Waals surface area (Å²) in [6.45, 7) is 0.464. The molecule has 1 fully saturated rings. The number of ether oxygens (including phenoxy) is 1. The number of carbonyl (C=O) groups is 1. The Morgan fingerprint density at radius 2 is 1.67 bits per heavy atom. The summed E-state index contributed by atoms with van der Waals surface area (Å²) in [6.07, 6.45) is -4.10. The summed E-state index contributed by atoms with van der Waals surface area (Å²) in [6, 6.07) is 17.5. The molecule has 3 aromatic carbocycles. The van der Waals surface area contributed by atoms with Crippen LogP contribution in [0.1, 0.15) is 23.6 Å². The Morgan fingerprint density at radius 3 is 2.28 bits per heavy atom. The molecule has 0 aromatic heterocycles. The molecule has 0 bridgehead atoms. The lowest BCUT2D eigenvalue weighted by Gasteiger charge is -2.24. The molecular weight excluding hydrogens is 515 g/mol. The standard InChI is InChI=1S/C25H23ClF3N3O3S/c26-19-5-9-21(10-6-19)35-22-11-7-20(8-12-22)32-23(16-31(24(32)33)13-2-14-36(30)34)17-3-1-4-18(15-17)25(27,28)29/h1,3-12,15,23H,2,13-14,16,30H2. The zero-order valence-electron chi connectivity index (χ0n) is 19.0. The molecule has 2 amide bonds. The fourth-order valence-electron chi connectivity index (χ4n) is 4.02. The van der Waals surface area contributed by atoms with E-state index in [1.54, 1.807) is 54.6 Å². The second-order valence-corrected chi connectivity index (χ2v) is 9.83. The average molecular weight is 538 g/mol. The highest BCUT2D eigenvalue weighted by atomic mass is 35.5. The largest absolute Gasteiger partial charge is 0.457 e. The first-order chi connectivity index (χ1) is 17.1. The van der Waals surface area contributed by atoms with Crippen LogP contribution in [0.15, 0.2) is 72.8 Å². The third-order valence-electron chi connectivity index (χ3n) is 5.72. The number of nitrogens with zero attached hydrogens (tertiary/aromatic N) is 2. The number of nitrogens with two attached hydrogens (primary N) is 1. The Morgan fingerprint density at radius 1 is 1.03 bits per heavy atom. The van der Waals surface area contributed by atoms with Gasteiger partial charge in [-0.1, -0.05) is 23.7 Å². The molecule has 2 unspecified atom stereocenters. The predicted molar refractivity (Wildman–Crippen MR) is 133 cm³/mol. The number of halogens is 4. The van der Waals surface area contributed by atoms with Crippen LogP contribution in [0.4, 0.5) is 23.7 Å². The van der Waals surface area contributed by atoms with E-state index in [4.69, 9.17) is 21.5 Å². The number of urea groups is 1. The molecule has 2 N–H and O–H groups in total. The van der Waals surface area contributed by atoms with E-state index in [-0.39, 0.29) is 24.9 Å². The van der Waals surface area contributed by atoms with Crippen LogP contribution in [-0.4, -0.2) is 34.0 Å². The average Bonchev–Trinajstić information content (AvgIpc) is 3.16. The van der Waals surface area contributed by atoms with Crippen molar-refractivity contribution in [1.82, 2.24) is 4.90 Å². The molecule has 2 atom stereocenters. The molecule has 1 aliphatic rings. The van der Waals surface area contributed by atoms with Crippen molar-refractivity contribution in [2.75, 3.05) is 23.7 Å². The Labute approximate surface area is 214 Å². The summed E-state index contributed by atoms with van der Waals surface area (Å²) in [4.78, 5) is 16.3. The van der Waals surface area contributed by atoms with Gasteiger partial charge in [-0.15, -0.1) is 0 Å². The maximum Gasteiger partial charge on any atom is 0.416 e. The normalized spacial score (nSPS) is 16.9. The molecule has 1 aliphatic heterocycles. The van der Waals surface area contributed by atoms with Gasteiger partial charge >= 0.3 is 12.2 Å². The number of carbonyl (C=O) groups excluding carboxylic acids is 1. The van der Waals surface area contributed by atoms with Crippen LogP contribution in [0.25, 0.3) is 0 Å². The van der Waals surface area contributed by atoms with Gasteiger partial charge in [-0.25, -0.2) is 9.00 Å². The number of anilines is 1. The number of alkyl halides is 3. The van der Waals surface area contributed by atoms with E-state index in [0.29, 0.717) is 34.2 Å². The van der Waals surface area contributed by atoms with Crippen molar-refractivity contribution in [1.29, 1.82) is 0 Å². The molecule has 0 saturated carbocycles. The first kappa shape index (κ1) is 26.0. The van der Waals surface area contributed by atoms with Crippen molar-refractivity contribution >= 4 is 34.3 Å². The van der Waals surface area contributed by atoms with Gasteiger partial charge in [0.2, 0.25) is 0 Å². The highest BCUT2D eigenvalue weighted by Gasteiger charge is 2.40. The van der Waals surface area contributed by atoms with E-state index in [0.717, 1.165) is 12.1 Å². The van der Waals surface area contributed by atoms with Crippen molar-refractivity contribution in [3.63, 3.8) is 0 Å². The highest BCUT2D eigenvalue weighted by molar-refractivity contribution is 7.82. The van der Waals surface area contributed by atoms with Crippen molar-refractivity contribution in [2.45, 2.75) is 18.6 Å². The fraction of sp³-hybridized carbons (Fsp3) is 0.240. The molecular formula is C25H23ClF3N3O3S. The molecule has 6 nitrogen and oxygen atoms in total. The lowest BCUT2D eigenvalue weighted by atomic mass is 10.0. The van der Waals surface area contributed by atoms with Gasteiger partial charge in [-0.2, -0.15) is 13.2 Å². The molecule has 36 heavy (non-hydrogen) atoms. The van der Waals surface area contributed by atoms with Gasteiger partial charge in [0.1, 0.15) is 11.5 Å². The van der Waals surface area contributed by atoms with Crippen LogP contribution in [-0.2, 0) is 17.2 Å². The summed E-state index contributed by atoms with van der Waals surface area (Å²) < 4.78 is 57.1. The van der Waals surface area contributed by atoms with Gasteiger partial charge in [0, 0.05) is 29.6 Å². The van der Waals surface area contributed by atoms with Gasteiger partial charge in [0.05, 0.1) is 22.6 Å². The SMILES string of the molecule is NS(=O)CCCN1CC(c2cccc(C(F)(F)F)c2)N(c2ccc(Oc3ccc(Cl)cc3)cc2)C1=O. The van der Waals surface area contributed by atoms with Gasteiger partial charge < -0.3 is 9.64 Å². The molecule has 1 saturated heterocycles. The van der Waals surface area contributed by atoms with Crippen molar-refractivity contribution < 1.29 is 26.9 Å². The van der Waals surface area contributed by atoms with Crippen molar-refractivity contribution in [3.05, 3.63) is 88.9 Å². The molecule has 4 rings (SSSR count). The first-order valence-electron chi connectivity index (χ1n) is 11.0. The van der Waals surface area contributed by atoms with Gasteiger partial charge in [0.15, 0.2) is 0 Å². The predicted octanol–water partition coefficient (Wildman–Crippen LogP) is 6.15.